The molecule has 1 amide bonds. The molecule has 0 fully saturated rings. The largest absolute Gasteiger partial charge is 0.436 e. The number of amides is 1. The first-order valence-electron chi connectivity index (χ1n) is 8.98. The third-order valence-electron chi connectivity index (χ3n) is 4.32. The minimum atomic E-state index is -0.578. The van der Waals surface area contributed by atoms with Crippen LogP contribution in [0.5, 0.6) is 0 Å². The number of oxazole rings is 1. The maximum absolute atomic E-state index is 12.3. The van der Waals surface area contributed by atoms with Crippen molar-refractivity contribution in [3.05, 3.63) is 92.5 Å². The second kappa shape index (κ2) is 8.59. The number of carbonyl (C=O) groups excluding carboxylic acids is 1. The summed E-state index contributed by atoms with van der Waals surface area (Å²) >= 11 is 11.8. The van der Waals surface area contributed by atoms with Gasteiger partial charge in [-0.1, -0.05) is 35.3 Å². The summed E-state index contributed by atoms with van der Waals surface area (Å²) in [5.41, 5.74) is 2.71. The van der Waals surface area contributed by atoms with E-state index in [1.54, 1.807) is 42.5 Å². The van der Waals surface area contributed by atoms with Gasteiger partial charge in [0, 0.05) is 28.4 Å². The predicted octanol–water partition coefficient (Wildman–Crippen LogP) is 6.36. The van der Waals surface area contributed by atoms with Crippen LogP contribution in [0.4, 0.5) is 11.4 Å². The number of nitro groups is 1. The summed E-state index contributed by atoms with van der Waals surface area (Å²) in [6.45, 7) is 0. The van der Waals surface area contributed by atoms with E-state index in [2.05, 4.69) is 10.3 Å². The van der Waals surface area contributed by atoms with Gasteiger partial charge in [-0.15, -0.1) is 0 Å². The van der Waals surface area contributed by atoms with Crippen molar-refractivity contribution in [2.45, 2.75) is 0 Å². The van der Waals surface area contributed by atoms with Crippen LogP contribution in [0.1, 0.15) is 5.56 Å². The molecule has 0 saturated carbocycles. The number of halogens is 2. The normalized spacial score (nSPS) is 11.2. The molecule has 0 aliphatic heterocycles. The Hall–Kier alpha value is -3.68. The zero-order chi connectivity index (χ0) is 22.0. The minimum absolute atomic E-state index is 0.0323. The number of fused-ring (bicyclic) bond motifs is 1. The van der Waals surface area contributed by atoms with Gasteiger partial charge in [0.2, 0.25) is 11.8 Å². The lowest BCUT2D eigenvalue weighted by Crippen LogP contribution is -2.07. The molecule has 7 nitrogen and oxygen atoms in total. The quantitative estimate of drug-likeness (QED) is 0.215. The van der Waals surface area contributed by atoms with Gasteiger partial charge in [0.1, 0.15) is 10.5 Å². The van der Waals surface area contributed by atoms with Crippen molar-refractivity contribution >= 4 is 57.7 Å². The van der Waals surface area contributed by atoms with Crippen LogP contribution < -0.4 is 5.32 Å². The highest BCUT2D eigenvalue weighted by molar-refractivity contribution is 6.32. The van der Waals surface area contributed by atoms with Crippen molar-refractivity contribution in [3.63, 3.8) is 0 Å². The molecule has 0 aliphatic rings. The van der Waals surface area contributed by atoms with E-state index in [-0.39, 0.29) is 10.7 Å². The Kier molecular flexibility index (Phi) is 5.70. The third kappa shape index (κ3) is 4.74. The van der Waals surface area contributed by atoms with Gasteiger partial charge in [-0.25, -0.2) is 4.98 Å². The lowest BCUT2D eigenvalue weighted by molar-refractivity contribution is -0.384. The Morgan fingerprint density at radius 1 is 1.10 bits per heavy atom. The third-order valence-corrected chi connectivity index (χ3v) is 4.88. The van der Waals surface area contributed by atoms with Crippen molar-refractivity contribution in [2.24, 2.45) is 0 Å². The topological polar surface area (TPSA) is 98.3 Å². The van der Waals surface area contributed by atoms with Gasteiger partial charge in [-0.05, 0) is 54.1 Å². The Balaban J connectivity index is 1.50. The highest BCUT2D eigenvalue weighted by Crippen LogP contribution is 2.28. The Bertz CT molecular complexity index is 1350. The van der Waals surface area contributed by atoms with Crippen LogP contribution in [0.25, 0.3) is 28.6 Å². The molecule has 1 heterocycles. The predicted molar refractivity (Wildman–Crippen MR) is 120 cm³/mol. The van der Waals surface area contributed by atoms with E-state index in [0.29, 0.717) is 38.8 Å². The standard InChI is InChI=1S/C22H13Cl2N3O4/c23-15-6-8-20-18(12-15)26-22(31-20)14-2-1-3-16(11-14)25-21(28)9-5-13-4-7-17(24)19(10-13)27(29)30/h1-12H,(H,25,28). The highest BCUT2D eigenvalue weighted by atomic mass is 35.5. The van der Waals surface area contributed by atoms with Gasteiger partial charge in [0.25, 0.3) is 5.69 Å². The summed E-state index contributed by atoms with van der Waals surface area (Å²) < 4.78 is 5.75. The molecule has 0 spiro atoms. The molecule has 1 aromatic heterocycles. The highest BCUT2D eigenvalue weighted by Gasteiger charge is 2.12. The van der Waals surface area contributed by atoms with E-state index in [9.17, 15) is 14.9 Å². The molecule has 154 valence electrons. The monoisotopic (exact) mass is 453 g/mol. The second-order valence-corrected chi connectivity index (χ2v) is 7.35. The van der Waals surface area contributed by atoms with Crippen LogP contribution in [0, 0.1) is 10.1 Å². The molecule has 31 heavy (non-hydrogen) atoms. The van der Waals surface area contributed by atoms with Crippen LogP contribution in [0.2, 0.25) is 10.0 Å². The fourth-order valence-corrected chi connectivity index (χ4v) is 3.24. The number of benzene rings is 3. The Morgan fingerprint density at radius 3 is 2.74 bits per heavy atom. The molecule has 9 heteroatoms. The van der Waals surface area contributed by atoms with E-state index < -0.39 is 10.8 Å². The molecule has 4 rings (SSSR count). The van der Waals surface area contributed by atoms with Gasteiger partial charge in [0.05, 0.1) is 4.92 Å². The number of hydrogen-bond donors (Lipinski definition) is 1. The van der Waals surface area contributed by atoms with Crippen LogP contribution in [0.3, 0.4) is 0 Å². The van der Waals surface area contributed by atoms with E-state index in [1.807, 2.05) is 6.07 Å². The van der Waals surface area contributed by atoms with E-state index >= 15 is 0 Å². The zero-order valence-electron chi connectivity index (χ0n) is 15.7. The lowest BCUT2D eigenvalue weighted by atomic mass is 10.2. The molecular formula is C22H13Cl2N3O4. The molecular weight excluding hydrogens is 441 g/mol. The van der Waals surface area contributed by atoms with E-state index in [0.717, 1.165) is 0 Å². The SMILES string of the molecule is O=C(C=Cc1ccc(Cl)c([N+](=O)[O-])c1)Nc1cccc(-c2nc3cc(Cl)ccc3o2)c1. The van der Waals surface area contributed by atoms with Crippen LogP contribution in [0.15, 0.2) is 71.2 Å². The van der Waals surface area contributed by atoms with E-state index in [4.69, 9.17) is 27.6 Å². The fraction of sp³-hybridized carbons (Fsp3) is 0. The van der Waals surface area contributed by atoms with E-state index in [1.165, 1.54) is 24.3 Å². The van der Waals surface area contributed by atoms with Gasteiger partial charge < -0.3 is 9.73 Å². The van der Waals surface area contributed by atoms with Gasteiger partial charge in [0.15, 0.2) is 5.58 Å². The van der Waals surface area contributed by atoms with Crippen LogP contribution in [-0.2, 0) is 4.79 Å². The number of nitro benzene ring substituents is 1. The number of rotatable bonds is 5. The summed E-state index contributed by atoms with van der Waals surface area (Å²) in [5, 5.41) is 14.3. The number of nitrogens with zero attached hydrogens (tertiary/aromatic N) is 2. The maximum Gasteiger partial charge on any atom is 0.288 e. The van der Waals surface area contributed by atoms with Crippen molar-refractivity contribution in [3.8, 4) is 11.5 Å². The Labute approximate surface area is 186 Å². The zero-order valence-corrected chi connectivity index (χ0v) is 17.2. The summed E-state index contributed by atoms with van der Waals surface area (Å²) in [6.07, 6.45) is 2.74. The average molecular weight is 454 g/mol. The molecule has 0 aliphatic carbocycles. The number of hydrogen-bond acceptors (Lipinski definition) is 5. The number of nitrogens with one attached hydrogen (secondary N) is 1. The summed E-state index contributed by atoms with van der Waals surface area (Å²) in [4.78, 5) is 27.1. The number of aromatic nitrogens is 1. The molecule has 0 saturated heterocycles. The molecule has 0 unspecified atom stereocenters. The average Bonchev–Trinajstić information content (AvgIpc) is 3.16. The van der Waals surface area contributed by atoms with Crippen molar-refractivity contribution in [2.75, 3.05) is 5.32 Å². The minimum Gasteiger partial charge on any atom is -0.436 e. The molecule has 0 atom stereocenters. The van der Waals surface area contributed by atoms with Crippen LogP contribution in [-0.4, -0.2) is 15.8 Å². The van der Waals surface area contributed by atoms with Gasteiger partial charge >= 0.3 is 0 Å². The smallest absolute Gasteiger partial charge is 0.288 e. The number of anilines is 1. The molecule has 3 aromatic carbocycles. The molecule has 0 bridgehead atoms. The molecule has 1 N–H and O–H groups in total. The fourth-order valence-electron chi connectivity index (χ4n) is 2.88. The summed E-state index contributed by atoms with van der Waals surface area (Å²) in [5.74, 6) is -0.00326. The van der Waals surface area contributed by atoms with Gasteiger partial charge in [-0.2, -0.15) is 0 Å². The maximum atomic E-state index is 12.3. The second-order valence-electron chi connectivity index (χ2n) is 6.50. The van der Waals surface area contributed by atoms with Crippen LogP contribution >= 0.6 is 23.2 Å². The first-order valence-corrected chi connectivity index (χ1v) is 9.74. The van der Waals surface area contributed by atoms with Gasteiger partial charge in [-0.3, -0.25) is 14.9 Å². The molecule has 4 aromatic rings. The summed E-state index contributed by atoms with van der Waals surface area (Å²) in [7, 11) is 0. The number of carbonyl (C=O) groups is 1. The molecule has 0 radical (unpaired) electrons. The van der Waals surface area contributed by atoms with Crippen molar-refractivity contribution in [1.29, 1.82) is 0 Å². The summed E-state index contributed by atoms with van der Waals surface area (Å²) in [6, 6.07) is 16.5. The van der Waals surface area contributed by atoms with Crippen molar-refractivity contribution < 1.29 is 14.1 Å². The lowest BCUT2D eigenvalue weighted by Gasteiger charge is -2.04. The first-order chi connectivity index (χ1) is 14.9. The Morgan fingerprint density at radius 2 is 1.94 bits per heavy atom. The first kappa shape index (κ1) is 20.6. The van der Waals surface area contributed by atoms with Crippen molar-refractivity contribution in [1.82, 2.24) is 4.98 Å².